The van der Waals surface area contributed by atoms with Crippen LogP contribution in [0.5, 0.6) is 0 Å². The fourth-order valence-corrected chi connectivity index (χ4v) is 10.6. The largest absolute Gasteiger partial charge is 0.356 e. The molecule has 1 atom stereocenters. The first-order valence-electron chi connectivity index (χ1n) is 12.3. The highest BCUT2D eigenvalue weighted by molar-refractivity contribution is 7.57. The lowest BCUT2D eigenvalue weighted by Crippen LogP contribution is -2.42. The standard InChI is InChI=1S/C30H31NOP2/c1-2-12-25-22-31(33(27-13-3-4-14-27)28-15-5-6-16-28)26(21-24(25)11-1)23-32-34(29-17-7-8-18-29)30-19-9-10-20-30/h1-20,26-30H,21-23H2/t26-/m0/s1. The van der Waals surface area contributed by atoms with Crippen LogP contribution in [0.1, 0.15) is 11.1 Å². The summed E-state index contributed by atoms with van der Waals surface area (Å²) in [6.45, 7) is 1.80. The summed E-state index contributed by atoms with van der Waals surface area (Å²) in [6.07, 6.45) is 37.5. The second-order valence-electron chi connectivity index (χ2n) is 9.30. The molecule has 1 aliphatic heterocycles. The van der Waals surface area contributed by atoms with Gasteiger partial charge < -0.3 is 4.52 Å². The number of benzene rings is 1. The van der Waals surface area contributed by atoms with E-state index in [-0.39, 0.29) is 0 Å². The van der Waals surface area contributed by atoms with E-state index in [1.54, 1.807) is 0 Å². The molecule has 4 aliphatic carbocycles. The molecule has 2 nitrogen and oxygen atoms in total. The van der Waals surface area contributed by atoms with E-state index < -0.39 is 16.2 Å². The molecular formula is C30H31NOP2. The number of hydrogen-bond acceptors (Lipinski definition) is 2. The molecule has 1 heterocycles. The van der Waals surface area contributed by atoms with E-state index in [4.69, 9.17) is 4.52 Å². The molecule has 0 N–H and O–H groups in total. The van der Waals surface area contributed by atoms with Crippen LogP contribution >= 0.6 is 16.2 Å². The highest BCUT2D eigenvalue weighted by atomic mass is 31.1. The molecule has 0 bridgehead atoms. The van der Waals surface area contributed by atoms with E-state index in [9.17, 15) is 0 Å². The predicted molar refractivity (Wildman–Crippen MR) is 148 cm³/mol. The minimum atomic E-state index is -0.636. The van der Waals surface area contributed by atoms with Crippen molar-refractivity contribution in [3.8, 4) is 0 Å². The van der Waals surface area contributed by atoms with Crippen LogP contribution in [0.3, 0.4) is 0 Å². The molecule has 0 saturated carbocycles. The number of allylic oxidation sites excluding steroid dienone is 16. The molecule has 0 amide bonds. The van der Waals surface area contributed by atoms with Gasteiger partial charge in [0.1, 0.15) is 0 Å². The van der Waals surface area contributed by atoms with E-state index >= 15 is 0 Å². The van der Waals surface area contributed by atoms with Gasteiger partial charge in [0.05, 0.1) is 14.8 Å². The maximum absolute atomic E-state index is 6.93. The number of fused-ring (bicyclic) bond motifs is 1. The summed E-state index contributed by atoms with van der Waals surface area (Å²) < 4.78 is 9.75. The van der Waals surface area contributed by atoms with Gasteiger partial charge in [-0.05, 0) is 25.6 Å². The summed E-state index contributed by atoms with van der Waals surface area (Å²) in [7, 11) is -1.08. The number of rotatable bonds is 8. The lowest BCUT2D eigenvalue weighted by molar-refractivity contribution is 0.206. The molecule has 0 saturated heterocycles. The lowest BCUT2D eigenvalue weighted by Gasteiger charge is -2.45. The van der Waals surface area contributed by atoms with Gasteiger partial charge in [0, 0.05) is 35.2 Å². The van der Waals surface area contributed by atoms with E-state index in [0.717, 1.165) is 19.6 Å². The Morgan fingerprint density at radius 2 is 1.12 bits per heavy atom. The Hall–Kier alpha value is -2.08. The van der Waals surface area contributed by atoms with Gasteiger partial charge in [-0.2, -0.15) is 0 Å². The molecule has 0 unspecified atom stereocenters. The van der Waals surface area contributed by atoms with Crippen molar-refractivity contribution in [1.29, 1.82) is 0 Å². The van der Waals surface area contributed by atoms with Gasteiger partial charge in [-0.15, -0.1) is 0 Å². The molecule has 5 aliphatic rings. The van der Waals surface area contributed by atoms with Crippen LogP contribution in [-0.2, 0) is 17.5 Å². The van der Waals surface area contributed by atoms with Crippen molar-refractivity contribution >= 4 is 16.2 Å². The number of nitrogens with zero attached hydrogens (tertiary/aromatic N) is 1. The van der Waals surface area contributed by atoms with Crippen LogP contribution in [0.25, 0.3) is 0 Å². The van der Waals surface area contributed by atoms with Gasteiger partial charge in [-0.3, -0.25) is 4.67 Å². The Balaban J connectivity index is 1.29. The maximum atomic E-state index is 6.93. The molecule has 34 heavy (non-hydrogen) atoms. The van der Waals surface area contributed by atoms with Crippen molar-refractivity contribution in [3.63, 3.8) is 0 Å². The third kappa shape index (κ3) is 4.58. The molecule has 1 aromatic rings. The van der Waals surface area contributed by atoms with Gasteiger partial charge in [0.15, 0.2) is 0 Å². The van der Waals surface area contributed by atoms with Crippen LogP contribution in [0.15, 0.2) is 121 Å². The van der Waals surface area contributed by atoms with Gasteiger partial charge in [-0.25, -0.2) is 0 Å². The molecule has 172 valence electrons. The van der Waals surface area contributed by atoms with Crippen LogP contribution in [0.4, 0.5) is 0 Å². The minimum absolute atomic E-state index is 0.388. The summed E-state index contributed by atoms with van der Waals surface area (Å²) in [4.78, 5) is 0. The first-order chi connectivity index (χ1) is 16.9. The number of hydrogen-bond donors (Lipinski definition) is 0. The summed E-state index contributed by atoms with van der Waals surface area (Å²) in [6, 6.07) is 9.41. The average molecular weight is 484 g/mol. The summed E-state index contributed by atoms with van der Waals surface area (Å²) in [5, 5.41) is 0. The Labute approximate surface area is 206 Å². The van der Waals surface area contributed by atoms with Crippen LogP contribution in [0, 0.1) is 0 Å². The minimum Gasteiger partial charge on any atom is -0.356 e. The zero-order chi connectivity index (χ0) is 22.7. The highest BCUT2D eigenvalue weighted by Crippen LogP contribution is 2.58. The molecule has 6 rings (SSSR count). The normalized spacial score (nSPS) is 24.4. The van der Waals surface area contributed by atoms with Gasteiger partial charge in [0.25, 0.3) is 0 Å². The molecule has 4 heteroatoms. The molecule has 0 fully saturated rings. The molecular weight excluding hydrogens is 452 g/mol. The van der Waals surface area contributed by atoms with Crippen molar-refractivity contribution in [1.82, 2.24) is 4.67 Å². The molecule has 0 aromatic heterocycles. The summed E-state index contributed by atoms with van der Waals surface area (Å²) in [5.74, 6) is 0. The second kappa shape index (κ2) is 10.3. The third-order valence-corrected chi connectivity index (χ3v) is 12.4. The van der Waals surface area contributed by atoms with Gasteiger partial charge in [0.2, 0.25) is 0 Å². The Morgan fingerprint density at radius 3 is 1.65 bits per heavy atom. The lowest BCUT2D eigenvalue weighted by atomic mass is 9.96. The highest BCUT2D eigenvalue weighted by Gasteiger charge is 2.39. The maximum Gasteiger partial charge on any atom is 0.0672 e. The quantitative estimate of drug-likeness (QED) is 0.363. The fraction of sp³-hybridized carbons (Fsp3) is 0.267. The van der Waals surface area contributed by atoms with E-state index in [0.29, 0.717) is 28.7 Å². The Kier molecular flexibility index (Phi) is 6.76. The van der Waals surface area contributed by atoms with Crippen molar-refractivity contribution in [2.45, 2.75) is 41.6 Å². The van der Waals surface area contributed by atoms with Gasteiger partial charge in [-0.1, -0.05) is 121 Å². The smallest absolute Gasteiger partial charge is 0.0672 e. The zero-order valence-corrected chi connectivity index (χ0v) is 21.1. The third-order valence-electron chi connectivity index (χ3n) is 7.15. The zero-order valence-electron chi connectivity index (χ0n) is 19.3. The van der Waals surface area contributed by atoms with Gasteiger partial charge >= 0.3 is 0 Å². The molecule has 1 aromatic carbocycles. The Morgan fingerprint density at radius 1 is 0.647 bits per heavy atom. The topological polar surface area (TPSA) is 12.5 Å². The van der Waals surface area contributed by atoms with Crippen molar-refractivity contribution < 1.29 is 4.52 Å². The average Bonchev–Trinajstić information content (AvgIpc) is 3.69. The van der Waals surface area contributed by atoms with Crippen LogP contribution < -0.4 is 0 Å². The predicted octanol–water partition coefficient (Wildman–Crippen LogP) is 7.20. The van der Waals surface area contributed by atoms with E-state index in [1.165, 1.54) is 11.1 Å². The first kappa shape index (κ1) is 22.4. The Bertz CT molecular complexity index is 1040. The van der Waals surface area contributed by atoms with Crippen LogP contribution in [-0.4, -0.2) is 40.0 Å². The second-order valence-corrected chi connectivity index (χ2v) is 13.9. The van der Waals surface area contributed by atoms with Crippen molar-refractivity contribution in [2.75, 3.05) is 6.61 Å². The molecule has 0 spiro atoms. The first-order valence-corrected chi connectivity index (χ1v) is 15.1. The van der Waals surface area contributed by atoms with Crippen molar-refractivity contribution in [2.24, 2.45) is 0 Å². The fourth-order valence-electron chi connectivity index (χ4n) is 5.45. The van der Waals surface area contributed by atoms with E-state index in [2.05, 4.69) is 126 Å². The monoisotopic (exact) mass is 483 g/mol. The summed E-state index contributed by atoms with van der Waals surface area (Å²) in [5.41, 5.74) is 4.75. The van der Waals surface area contributed by atoms with Crippen LogP contribution in [0.2, 0.25) is 0 Å². The summed E-state index contributed by atoms with van der Waals surface area (Å²) >= 11 is 0. The van der Waals surface area contributed by atoms with E-state index in [1.807, 2.05) is 0 Å². The SMILES string of the molecule is C1=CC(P(OC[C@@H]2Cc3ccccc3CN2P(C2C=CC=C2)C2C=CC=C2)C2C=CC=C2)C=C1. The molecule has 0 radical (unpaired) electrons. The van der Waals surface area contributed by atoms with Crippen molar-refractivity contribution in [3.05, 3.63) is 133 Å².